The Labute approximate surface area is 213 Å². The summed E-state index contributed by atoms with van der Waals surface area (Å²) in [4.78, 5) is 19.0. The van der Waals surface area contributed by atoms with Gasteiger partial charge >= 0.3 is 5.97 Å². The molecule has 0 atom stereocenters. The zero-order valence-electron chi connectivity index (χ0n) is 20.1. The molecule has 0 amide bonds. The van der Waals surface area contributed by atoms with E-state index in [9.17, 15) is 4.79 Å². The number of carboxylic acids is 1. The molecule has 0 radical (unpaired) electrons. The summed E-state index contributed by atoms with van der Waals surface area (Å²) in [7, 11) is 0. The van der Waals surface area contributed by atoms with E-state index in [2.05, 4.69) is 45.3 Å². The fraction of sp³-hybridized carbons (Fsp3) is 0.0667. The first-order valence-corrected chi connectivity index (χ1v) is 11.8. The van der Waals surface area contributed by atoms with Crippen LogP contribution in [0.25, 0.3) is 28.1 Å². The molecule has 0 aliphatic carbocycles. The highest BCUT2D eigenvalue weighted by atomic mass is 16.5. The third-order valence-electron chi connectivity index (χ3n) is 5.96. The number of nitrogens with zero attached hydrogens (tertiary/aromatic N) is 3. The summed E-state index contributed by atoms with van der Waals surface area (Å²) in [5.41, 5.74) is 7.13. The van der Waals surface area contributed by atoms with Gasteiger partial charge in [0, 0.05) is 11.5 Å². The van der Waals surface area contributed by atoms with Crippen molar-refractivity contribution >= 4 is 34.1 Å². The topological polar surface area (TPSA) is 101 Å². The van der Waals surface area contributed by atoms with Crippen LogP contribution in [0.3, 0.4) is 0 Å². The molecule has 0 aliphatic heterocycles. The highest BCUT2D eigenvalue weighted by Crippen LogP contribution is 2.37. The van der Waals surface area contributed by atoms with Crippen LogP contribution in [0.5, 0.6) is 11.5 Å². The lowest BCUT2D eigenvalue weighted by atomic mass is 9.87. The predicted octanol–water partition coefficient (Wildman–Crippen LogP) is 6.61. The number of hydrogen-bond donors (Lipinski definition) is 2. The molecule has 0 spiro atoms. The summed E-state index contributed by atoms with van der Waals surface area (Å²) in [6, 6.07) is 22.1. The van der Waals surface area contributed by atoms with Gasteiger partial charge in [-0.3, -0.25) is 5.10 Å². The van der Waals surface area contributed by atoms with Crippen molar-refractivity contribution in [3.63, 3.8) is 0 Å². The number of fused-ring (bicyclic) bond motifs is 1. The number of carbonyl (C=O) groups is 1. The zero-order valence-corrected chi connectivity index (χ0v) is 20.1. The zero-order chi connectivity index (χ0) is 25.6. The molecule has 0 unspecified atom stereocenters. The number of rotatable bonds is 8. The minimum atomic E-state index is -0.976. The molecule has 5 aromatic rings. The van der Waals surface area contributed by atoms with Crippen molar-refractivity contribution in [1.82, 2.24) is 20.2 Å². The Morgan fingerprint density at radius 2 is 1.70 bits per heavy atom. The van der Waals surface area contributed by atoms with Crippen molar-refractivity contribution < 1.29 is 14.6 Å². The van der Waals surface area contributed by atoms with E-state index in [1.165, 1.54) is 6.33 Å². The van der Waals surface area contributed by atoms with Gasteiger partial charge in [0.1, 0.15) is 12.1 Å². The Hall–Kier alpha value is -5.04. The van der Waals surface area contributed by atoms with Crippen molar-refractivity contribution in [3.8, 4) is 11.5 Å². The standard InChI is InChI=1S/C30H24N4O3/c1-2-27(22-4-3-5-25(15-22)37-26-17-31-19-32-18-26)30(23-11-12-28-24(14-23)16-33-34-28)21-9-6-20(7-10-21)8-13-29(35)36/h3-19H,2H2,1H3,(H,33,34)(H,35,36). The molecule has 37 heavy (non-hydrogen) atoms. The quantitative estimate of drug-likeness (QED) is 0.188. The fourth-order valence-corrected chi connectivity index (χ4v) is 4.29. The van der Waals surface area contributed by atoms with Crippen LogP contribution in [0.15, 0.2) is 97.7 Å². The summed E-state index contributed by atoms with van der Waals surface area (Å²) in [6.07, 6.45) is 10.0. The molecule has 2 aromatic heterocycles. The van der Waals surface area contributed by atoms with Crippen LogP contribution in [-0.4, -0.2) is 31.2 Å². The SMILES string of the molecule is CCC(=C(c1ccc(C=CC(=O)O)cc1)c1ccc2[nH]ncc2c1)c1cccc(Oc2cncnc2)c1. The van der Waals surface area contributed by atoms with Gasteiger partial charge in [0.05, 0.1) is 24.1 Å². The van der Waals surface area contributed by atoms with Gasteiger partial charge in [0.15, 0.2) is 5.75 Å². The first-order chi connectivity index (χ1) is 18.1. The van der Waals surface area contributed by atoms with Crippen LogP contribution in [0.1, 0.15) is 35.6 Å². The number of allylic oxidation sites excluding steroid dienone is 1. The monoisotopic (exact) mass is 488 g/mol. The molecule has 2 heterocycles. The number of aromatic amines is 1. The summed E-state index contributed by atoms with van der Waals surface area (Å²) >= 11 is 0. The number of aliphatic carboxylic acids is 1. The summed E-state index contributed by atoms with van der Waals surface area (Å²) < 4.78 is 6.00. The van der Waals surface area contributed by atoms with Gasteiger partial charge in [-0.1, -0.05) is 49.4 Å². The number of nitrogens with one attached hydrogen (secondary N) is 1. The minimum absolute atomic E-state index is 0.567. The fourth-order valence-electron chi connectivity index (χ4n) is 4.29. The number of H-pyrrole nitrogens is 1. The van der Waals surface area contributed by atoms with E-state index in [1.807, 2.05) is 54.7 Å². The van der Waals surface area contributed by atoms with Crippen LogP contribution < -0.4 is 4.74 Å². The Morgan fingerprint density at radius 1 is 0.919 bits per heavy atom. The molecular formula is C30H24N4O3. The number of hydrogen-bond acceptors (Lipinski definition) is 5. The first kappa shape index (κ1) is 23.7. The van der Waals surface area contributed by atoms with Crippen molar-refractivity contribution in [1.29, 1.82) is 0 Å². The van der Waals surface area contributed by atoms with Crippen molar-refractivity contribution in [2.24, 2.45) is 0 Å². The summed E-state index contributed by atoms with van der Waals surface area (Å²) in [5.74, 6) is 0.282. The van der Waals surface area contributed by atoms with Crippen molar-refractivity contribution in [3.05, 3.63) is 120 Å². The predicted molar refractivity (Wildman–Crippen MR) is 144 cm³/mol. The largest absolute Gasteiger partial charge is 0.478 e. The smallest absolute Gasteiger partial charge is 0.328 e. The second kappa shape index (κ2) is 10.7. The maximum Gasteiger partial charge on any atom is 0.328 e. The lowest BCUT2D eigenvalue weighted by Gasteiger charge is -2.17. The molecule has 3 aromatic carbocycles. The van der Waals surface area contributed by atoms with Gasteiger partial charge in [-0.25, -0.2) is 14.8 Å². The second-order valence-electron chi connectivity index (χ2n) is 8.38. The molecule has 2 N–H and O–H groups in total. The van der Waals surface area contributed by atoms with Gasteiger partial charge in [-0.05, 0) is 70.2 Å². The summed E-state index contributed by atoms with van der Waals surface area (Å²) in [6.45, 7) is 2.13. The maximum absolute atomic E-state index is 10.9. The molecular weight excluding hydrogens is 464 g/mol. The Balaban J connectivity index is 1.63. The molecule has 0 saturated heterocycles. The van der Waals surface area contributed by atoms with E-state index in [1.54, 1.807) is 18.5 Å². The highest BCUT2D eigenvalue weighted by molar-refractivity contribution is 6.00. The number of benzene rings is 3. The summed E-state index contributed by atoms with van der Waals surface area (Å²) in [5, 5.41) is 17.2. The van der Waals surface area contributed by atoms with E-state index >= 15 is 0 Å². The molecule has 0 fully saturated rings. The average Bonchev–Trinajstić information content (AvgIpc) is 3.40. The normalized spacial score (nSPS) is 12.0. The first-order valence-electron chi connectivity index (χ1n) is 11.8. The van der Waals surface area contributed by atoms with Gasteiger partial charge in [0.2, 0.25) is 0 Å². The molecule has 0 saturated carbocycles. The van der Waals surface area contributed by atoms with E-state index in [0.717, 1.165) is 56.8 Å². The lowest BCUT2D eigenvalue weighted by Crippen LogP contribution is -1.96. The Kier molecular flexibility index (Phi) is 6.85. The van der Waals surface area contributed by atoms with E-state index in [-0.39, 0.29) is 0 Å². The number of ether oxygens (including phenoxy) is 1. The average molecular weight is 489 g/mol. The third-order valence-corrected chi connectivity index (χ3v) is 5.96. The maximum atomic E-state index is 10.9. The van der Waals surface area contributed by atoms with Crippen molar-refractivity contribution in [2.45, 2.75) is 13.3 Å². The van der Waals surface area contributed by atoms with Crippen LogP contribution in [0.4, 0.5) is 0 Å². The Morgan fingerprint density at radius 3 is 2.46 bits per heavy atom. The molecule has 7 heteroatoms. The third kappa shape index (κ3) is 5.46. The van der Waals surface area contributed by atoms with E-state index < -0.39 is 5.97 Å². The van der Waals surface area contributed by atoms with Crippen molar-refractivity contribution in [2.75, 3.05) is 0 Å². The van der Waals surface area contributed by atoms with Gasteiger partial charge in [0.25, 0.3) is 0 Å². The van der Waals surface area contributed by atoms with Gasteiger partial charge in [-0.15, -0.1) is 0 Å². The molecule has 0 bridgehead atoms. The number of aromatic nitrogens is 4. The van der Waals surface area contributed by atoms with Crippen LogP contribution in [0, 0.1) is 0 Å². The van der Waals surface area contributed by atoms with Gasteiger partial charge in [-0.2, -0.15) is 5.10 Å². The minimum Gasteiger partial charge on any atom is -0.478 e. The second-order valence-corrected chi connectivity index (χ2v) is 8.38. The lowest BCUT2D eigenvalue weighted by molar-refractivity contribution is -0.131. The van der Waals surface area contributed by atoms with Crippen LogP contribution >= 0.6 is 0 Å². The molecule has 182 valence electrons. The van der Waals surface area contributed by atoms with Crippen LogP contribution in [0.2, 0.25) is 0 Å². The molecule has 7 nitrogen and oxygen atoms in total. The number of carboxylic acid groups (broad SMARTS) is 1. The van der Waals surface area contributed by atoms with Gasteiger partial charge < -0.3 is 9.84 Å². The molecule has 5 rings (SSSR count). The van der Waals surface area contributed by atoms with E-state index in [4.69, 9.17) is 9.84 Å². The van der Waals surface area contributed by atoms with E-state index in [0.29, 0.717) is 11.5 Å². The molecule has 0 aliphatic rings. The highest BCUT2D eigenvalue weighted by Gasteiger charge is 2.15. The Bertz CT molecular complexity index is 1600. The van der Waals surface area contributed by atoms with Crippen LogP contribution in [-0.2, 0) is 4.79 Å².